The van der Waals surface area contributed by atoms with Crippen molar-refractivity contribution in [3.05, 3.63) is 69.2 Å². The molecule has 1 N–H and O–H groups in total. The first-order chi connectivity index (χ1) is 14.8. The van der Waals surface area contributed by atoms with Gasteiger partial charge in [0.1, 0.15) is 6.04 Å². The van der Waals surface area contributed by atoms with Gasteiger partial charge in [-0.3, -0.25) is 9.59 Å². The van der Waals surface area contributed by atoms with Crippen LogP contribution >= 0.6 is 35.0 Å². The Morgan fingerprint density at radius 3 is 2.61 bits per heavy atom. The second-order valence-electron chi connectivity index (χ2n) is 7.56. The zero-order chi connectivity index (χ0) is 22.8. The Morgan fingerprint density at radius 2 is 1.94 bits per heavy atom. The summed E-state index contributed by atoms with van der Waals surface area (Å²) in [6, 6.07) is 12.8. The molecular weight excluding hydrogens is 451 g/mol. The summed E-state index contributed by atoms with van der Waals surface area (Å²) in [6.07, 6.45) is 1.92. The molecule has 0 fully saturated rings. The Bertz CT molecular complexity index is 892. The standard InChI is InChI=1S/C24H30Cl2N2O2S/c1-4-5-11-27-24(30)18(3)28(14-19-8-6-7-17(2)12-19)23(29)16-31-15-20-9-10-21(25)13-22(20)26/h6-10,12-13,18H,4-5,11,14-16H2,1-3H3,(H,27,30). The fourth-order valence-corrected chi connectivity index (χ4v) is 4.56. The molecule has 1 atom stereocenters. The minimum absolute atomic E-state index is 0.0743. The molecule has 168 valence electrons. The summed E-state index contributed by atoms with van der Waals surface area (Å²) < 4.78 is 0. The molecular formula is C24H30Cl2N2O2S. The molecule has 0 heterocycles. The first kappa shape index (κ1) is 25.6. The molecule has 0 aliphatic carbocycles. The van der Waals surface area contributed by atoms with Crippen LogP contribution in [0, 0.1) is 6.92 Å². The van der Waals surface area contributed by atoms with E-state index in [-0.39, 0.29) is 17.6 Å². The van der Waals surface area contributed by atoms with E-state index in [9.17, 15) is 9.59 Å². The van der Waals surface area contributed by atoms with Crippen molar-refractivity contribution >= 4 is 46.8 Å². The quantitative estimate of drug-likeness (QED) is 0.409. The molecule has 2 rings (SSSR count). The lowest BCUT2D eigenvalue weighted by Crippen LogP contribution is -2.48. The molecule has 0 aromatic heterocycles. The van der Waals surface area contributed by atoms with E-state index in [0.29, 0.717) is 28.9 Å². The average molecular weight is 481 g/mol. The van der Waals surface area contributed by atoms with Crippen molar-refractivity contribution in [2.45, 2.75) is 52.0 Å². The Balaban J connectivity index is 2.06. The molecule has 0 bridgehead atoms. The van der Waals surface area contributed by atoms with Crippen molar-refractivity contribution in [2.24, 2.45) is 0 Å². The third kappa shape index (κ3) is 8.40. The number of carbonyl (C=O) groups is 2. The van der Waals surface area contributed by atoms with Crippen LogP contribution in [0.2, 0.25) is 10.0 Å². The SMILES string of the molecule is CCCCNC(=O)C(C)N(Cc1cccc(C)c1)C(=O)CSCc1ccc(Cl)cc1Cl. The molecule has 0 spiro atoms. The topological polar surface area (TPSA) is 49.4 Å². The summed E-state index contributed by atoms with van der Waals surface area (Å²) in [7, 11) is 0. The number of thioether (sulfide) groups is 1. The van der Waals surface area contributed by atoms with E-state index < -0.39 is 6.04 Å². The van der Waals surface area contributed by atoms with Gasteiger partial charge in [-0.1, -0.05) is 72.4 Å². The third-order valence-electron chi connectivity index (χ3n) is 4.93. The smallest absolute Gasteiger partial charge is 0.242 e. The van der Waals surface area contributed by atoms with Crippen LogP contribution in [0.5, 0.6) is 0 Å². The molecule has 0 aliphatic heterocycles. The van der Waals surface area contributed by atoms with Gasteiger partial charge in [0, 0.05) is 28.9 Å². The first-order valence-corrected chi connectivity index (χ1v) is 12.4. The van der Waals surface area contributed by atoms with Gasteiger partial charge in [-0.15, -0.1) is 11.8 Å². The summed E-state index contributed by atoms with van der Waals surface area (Å²) in [5.74, 6) is 0.656. The number of carbonyl (C=O) groups excluding carboxylic acids is 2. The van der Waals surface area contributed by atoms with Crippen molar-refractivity contribution in [3.63, 3.8) is 0 Å². The van der Waals surface area contributed by atoms with Gasteiger partial charge in [0.25, 0.3) is 0 Å². The van der Waals surface area contributed by atoms with Crippen LogP contribution in [0.3, 0.4) is 0 Å². The van der Waals surface area contributed by atoms with E-state index in [2.05, 4.69) is 12.2 Å². The molecule has 0 aliphatic rings. The van der Waals surface area contributed by atoms with Crippen molar-refractivity contribution in [3.8, 4) is 0 Å². The molecule has 0 radical (unpaired) electrons. The van der Waals surface area contributed by atoms with Crippen molar-refractivity contribution < 1.29 is 9.59 Å². The lowest BCUT2D eigenvalue weighted by molar-refractivity contribution is -0.138. The fourth-order valence-electron chi connectivity index (χ4n) is 3.10. The Morgan fingerprint density at radius 1 is 1.16 bits per heavy atom. The molecule has 1 unspecified atom stereocenters. The number of rotatable bonds is 11. The van der Waals surface area contributed by atoms with Gasteiger partial charge >= 0.3 is 0 Å². The third-order valence-corrected chi connectivity index (χ3v) is 6.48. The lowest BCUT2D eigenvalue weighted by Gasteiger charge is -2.29. The number of amides is 2. The van der Waals surface area contributed by atoms with E-state index in [0.717, 1.165) is 29.5 Å². The van der Waals surface area contributed by atoms with Crippen molar-refractivity contribution in [1.82, 2.24) is 10.2 Å². The van der Waals surface area contributed by atoms with Gasteiger partial charge in [0.2, 0.25) is 11.8 Å². The normalized spacial score (nSPS) is 11.8. The molecule has 7 heteroatoms. The molecule has 31 heavy (non-hydrogen) atoms. The van der Waals surface area contributed by atoms with Gasteiger partial charge in [0.05, 0.1) is 5.75 Å². The number of unbranched alkanes of at least 4 members (excludes halogenated alkanes) is 1. The van der Waals surface area contributed by atoms with Crippen LogP contribution in [0.1, 0.15) is 43.4 Å². The van der Waals surface area contributed by atoms with Crippen molar-refractivity contribution in [1.29, 1.82) is 0 Å². The minimum atomic E-state index is -0.551. The summed E-state index contributed by atoms with van der Waals surface area (Å²) in [4.78, 5) is 27.4. The number of nitrogens with one attached hydrogen (secondary N) is 1. The van der Waals surface area contributed by atoms with Crippen LogP contribution in [0.25, 0.3) is 0 Å². The highest BCUT2D eigenvalue weighted by Crippen LogP contribution is 2.25. The molecule has 2 aromatic carbocycles. The number of aryl methyl sites for hydroxylation is 1. The maximum Gasteiger partial charge on any atom is 0.242 e. The summed E-state index contributed by atoms with van der Waals surface area (Å²) in [5, 5.41) is 4.12. The summed E-state index contributed by atoms with van der Waals surface area (Å²) in [5.41, 5.74) is 3.06. The fraction of sp³-hybridized carbons (Fsp3) is 0.417. The van der Waals surface area contributed by atoms with Gasteiger partial charge in [-0.2, -0.15) is 0 Å². The maximum absolute atomic E-state index is 13.1. The van der Waals surface area contributed by atoms with Crippen LogP contribution in [-0.2, 0) is 21.9 Å². The van der Waals surface area contributed by atoms with Gasteiger partial charge in [0.15, 0.2) is 0 Å². The number of benzene rings is 2. The monoisotopic (exact) mass is 480 g/mol. The highest BCUT2D eigenvalue weighted by atomic mass is 35.5. The Labute approximate surface area is 199 Å². The van der Waals surface area contributed by atoms with E-state index in [1.165, 1.54) is 11.8 Å². The zero-order valence-electron chi connectivity index (χ0n) is 18.3. The van der Waals surface area contributed by atoms with E-state index in [4.69, 9.17) is 23.2 Å². The van der Waals surface area contributed by atoms with Crippen LogP contribution in [0.4, 0.5) is 0 Å². The highest BCUT2D eigenvalue weighted by molar-refractivity contribution is 7.99. The molecule has 0 saturated heterocycles. The minimum Gasteiger partial charge on any atom is -0.354 e. The van der Waals surface area contributed by atoms with Gasteiger partial charge < -0.3 is 10.2 Å². The predicted octanol–water partition coefficient (Wildman–Crippen LogP) is 5.87. The largest absolute Gasteiger partial charge is 0.354 e. The van der Waals surface area contributed by atoms with E-state index in [1.807, 2.05) is 37.3 Å². The highest BCUT2D eigenvalue weighted by Gasteiger charge is 2.26. The summed E-state index contributed by atoms with van der Waals surface area (Å²) >= 11 is 13.7. The Hall–Kier alpha value is -1.69. The molecule has 2 aromatic rings. The zero-order valence-corrected chi connectivity index (χ0v) is 20.6. The van der Waals surface area contributed by atoms with Crippen LogP contribution in [0.15, 0.2) is 42.5 Å². The Kier molecular flexibility index (Phi) is 10.7. The predicted molar refractivity (Wildman–Crippen MR) is 132 cm³/mol. The second-order valence-corrected chi connectivity index (χ2v) is 9.39. The first-order valence-electron chi connectivity index (χ1n) is 10.5. The molecule has 2 amide bonds. The van der Waals surface area contributed by atoms with Crippen molar-refractivity contribution in [2.75, 3.05) is 12.3 Å². The molecule has 0 saturated carbocycles. The van der Waals surface area contributed by atoms with Crippen LogP contribution < -0.4 is 5.32 Å². The average Bonchev–Trinajstić information content (AvgIpc) is 2.73. The number of hydrogen-bond donors (Lipinski definition) is 1. The van der Waals surface area contributed by atoms with E-state index >= 15 is 0 Å². The van der Waals surface area contributed by atoms with Gasteiger partial charge in [-0.25, -0.2) is 0 Å². The maximum atomic E-state index is 13.1. The summed E-state index contributed by atoms with van der Waals surface area (Å²) in [6.45, 7) is 6.90. The second kappa shape index (κ2) is 13.0. The van der Waals surface area contributed by atoms with Crippen LogP contribution in [-0.4, -0.2) is 35.1 Å². The van der Waals surface area contributed by atoms with E-state index in [1.54, 1.807) is 24.0 Å². The molecule has 4 nitrogen and oxygen atoms in total. The number of halogens is 2. The van der Waals surface area contributed by atoms with Gasteiger partial charge in [-0.05, 0) is 43.5 Å². The lowest BCUT2D eigenvalue weighted by atomic mass is 10.1. The number of hydrogen-bond acceptors (Lipinski definition) is 3. The number of nitrogens with zero attached hydrogens (tertiary/aromatic N) is 1.